The quantitative estimate of drug-likeness (QED) is 0.617. The lowest BCUT2D eigenvalue weighted by atomic mass is 10.2. The second kappa shape index (κ2) is 8.73. The number of hydrogen-bond acceptors (Lipinski definition) is 2. The predicted octanol–water partition coefficient (Wildman–Crippen LogP) is 2.97. The number of nitrogens with zero attached hydrogens (tertiary/aromatic N) is 1. The van der Waals surface area contributed by atoms with Crippen LogP contribution in [0.4, 0.5) is 0 Å². The van der Waals surface area contributed by atoms with Crippen LogP contribution in [0, 0.1) is 0 Å². The van der Waals surface area contributed by atoms with E-state index in [1.165, 1.54) is 0 Å². The van der Waals surface area contributed by atoms with Gasteiger partial charge in [0.25, 0.3) is 0 Å². The molecule has 0 aromatic heterocycles. The number of rotatable bonds is 7. The van der Waals surface area contributed by atoms with Gasteiger partial charge >= 0.3 is 0 Å². The van der Waals surface area contributed by atoms with Crippen molar-refractivity contribution in [2.45, 2.75) is 19.3 Å². The van der Waals surface area contributed by atoms with E-state index in [0.717, 1.165) is 24.8 Å². The van der Waals surface area contributed by atoms with Crippen LogP contribution in [0.25, 0.3) is 6.08 Å². The molecule has 0 saturated carbocycles. The van der Waals surface area contributed by atoms with Gasteiger partial charge in [0.15, 0.2) is 0 Å². The minimum absolute atomic E-state index is 0.0149. The van der Waals surface area contributed by atoms with Crippen LogP contribution in [0.2, 0.25) is 5.02 Å². The van der Waals surface area contributed by atoms with Gasteiger partial charge in [-0.2, -0.15) is 0 Å². The summed E-state index contributed by atoms with van der Waals surface area (Å²) in [5.74, 6) is -0.0149. The van der Waals surface area contributed by atoms with Gasteiger partial charge in [0, 0.05) is 31.3 Å². The molecule has 0 aliphatic carbocycles. The molecule has 0 spiro atoms. The fourth-order valence-electron chi connectivity index (χ4n) is 1.62. The highest BCUT2D eigenvalue weighted by atomic mass is 35.5. The second-order valence-electron chi connectivity index (χ2n) is 4.43. The Morgan fingerprint density at radius 3 is 2.58 bits per heavy atom. The van der Waals surface area contributed by atoms with Crippen molar-refractivity contribution in [2.75, 3.05) is 20.2 Å². The zero-order chi connectivity index (χ0) is 14.1. The van der Waals surface area contributed by atoms with E-state index in [1.54, 1.807) is 36.2 Å². The second-order valence-corrected chi connectivity index (χ2v) is 4.87. The molecule has 0 aliphatic heterocycles. The number of benzene rings is 1. The lowest BCUT2D eigenvalue weighted by molar-refractivity contribution is -0.124. The van der Waals surface area contributed by atoms with Gasteiger partial charge in [-0.1, -0.05) is 23.7 Å². The number of carbonyl (C=O) groups excluding carboxylic acids is 1. The average Bonchev–Trinajstić information content (AvgIpc) is 2.42. The Labute approximate surface area is 119 Å². The van der Waals surface area contributed by atoms with Crippen LogP contribution in [0.1, 0.15) is 24.8 Å². The van der Waals surface area contributed by atoms with Crippen molar-refractivity contribution in [3.63, 3.8) is 0 Å². The monoisotopic (exact) mass is 281 g/mol. The van der Waals surface area contributed by atoms with Crippen LogP contribution < -0.4 is 0 Å². The van der Waals surface area contributed by atoms with Crippen molar-refractivity contribution in [3.8, 4) is 0 Å². The Morgan fingerprint density at radius 2 is 1.95 bits per heavy atom. The summed E-state index contributed by atoms with van der Waals surface area (Å²) in [6.45, 7) is 0.928. The summed E-state index contributed by atoms with van der Waals surface area (Å²) in [5, 5.41) is 9.35. The number of likely N-dealkylation sites (N-methyl/N-ethyl adjacent to an activating group) is 1. The summed E-state index contributed by atoms with van der Waals surface area (Å²) in [4.78, 5) is 13.5. The van der Waals surface area contributed by atoms with Crippen molar-refractivity contribution < 1.29 is 9.90 Å². The number of aliphatic hydroxyl groups is 1. The van der Waals surface area contributed by atoms with Crippen LogP contribution in [0.5, 0.6) is 0 Å². The molecule has 0 fully saturated rings. The molecule has 104 valence electrons. The minimum atomic E-state index is -0.0149. The molecule has 0 saturated heterocycles. The van der Waals surface area contributed by atoms with Crippen LogP contribution in [0.3, 0.4) is 0 Å². The van der Waals surface area contributed by atoms with Gasteiger partial charge in [0.05, 0.1) is 0 Å². The molecule has 0 radical (unpaired) electrons. The Bertz CT molecular complexity index is 415. The summed E-state index contributed by atoms with van der Waals surface area (Å²) in [5.41, 5.74) is 0.950. The molecule has 0 aliphatic rings. The molecule has 4 heteroatoms. The summed E-state index contributed by atoms with van der Waals surface area (Å²) in [6.07, 6.45) is 5.99. The van der Waals surface area contributed by atoms with Gasteiger partial charge in [-0.3, -0.25) is 4.79 Å². The third kappa shape index (κ3) is 6.41. The van der Waals surface area contributed by atoms with E-state index < -0.39 is 0 Å². The molecular weight excluding hydrogens is 262 g/mol. The summed E-state index contributed by atoms with van der Waals surface area (Å²) in [6, 6.07) is 7.33. The zero-order valence-electron chi connectivity index (χ0n) is 11.2. The standard InChI is InChI=1S/C15H20ClNO2/c1-17(11-3-2-4-12-18)15(19)10-7-13-5-8-14(16)9-6-13/h5-10,18H,2-4,11-12H2,1H3/b10-7+. The maximum Gasteiger partial charge on any atom is 0.246 e. The van der Waals surface area contributed by atoms with E-state index in [0.29, 0.717) is 11.6 Å². The highest BCUT2D eigenvalue weighted by Crippen LogP contribution is 2.10. The topological polar surface area (TPSA) is 40.5 Å². The summed E-state index contributed by atoms with van der Waals surface area (Å²) in [7, 11) is 1.79. The maximum atomic E-state index is 11.8. The number of unbranched alkanes of at least 4 members (excludes halogenated alkanes) is 2. The van der Waals surface area contributed by atoms with Crippen molar-refractivity contribution >= 4 is 23.6 Å². The molecule has 0 bridgehead atoms. The van der Waals surface area contributed by atoms with Gasteiger partial charge in [-0.15, -0.1) is 0 Å². The molecule has 0 heterocycles. The summed E-state index contributed by atoms with van der Waals surface area (Å²) < 4.78 is 0. The van der Waals surface area contributed by atoms with Crippen LogP contribution >= 0.6 is 11.6 Å². The largest absolute Gasteiger partial charge is 0.396 e. The number of amides is 1. The van der Waals surface area contributed by atoms with Crippen molar-refractivity contribution in [1.82, 2.24) is 4.90 Å². The van der Waals surface area contributed by atoms with E-state index in [2.05, 4.69) is 0 Å². The Balaban J connectivity index is 2.38. The number of aliphatic hydroxyl groups excluding tert-OH is 1. The lowest BCUT2D eigenvalue weighted by Gasteiger charge is -2.14. The van der Waals surface area contributed by atoms with Crippen molar-refractivity contribution in [2.24, 2.45) is 0 Å². The SMILES string of the molecule is CN(CCCCCO)C(=O)/C=C/c1ccc(Cl)cc1. The van der Waals surface area contributed by atoms with Gasteiger partial charge in [-0.05, 0) is 43.0 Å². The molecular formula is C15H20ClNO2. The van der Waals surface area contributed by atoms with Gasteiger partial charge in [-0.25, -0.2) is 0 Å². The van der Waals surface area contributed by atoms with E-state index in [4.69, 9.17) is 16.7 Å². The lowest BCUT2D eigenvalue weighted by Crippen LogP contribution is -2.25. The number of carbonyl (C=O) groups is 1. The Hall–Kier alpha value is -1.32. The Kier molecular flexibility index (Phi) is 7.23. The molecule has 1 aromatic carbocycles. The van der Waals surface area contributed by atoms with E-state index in [-0.39, 0.29) is 12.5 Å². The van der Waals surface area contributed by atoms with Crippen LogP contribution in [-0.4, -0.2) is 36.1 Å². The zero-order valence-corrected chi connectivity index (χ0v) is 11.9. The predicted molar refractivity (Wildman–Crippen MR) is 79.1 cm³/mol. The normalized spacial score (nSPS) is 10.9. The summed E-state index contributed by atoms with van der Waals surface area (Å²) >= 11 is 5.79. The van der Waals surface area contributed by atoms with Crippen LogP contribution in [0.15, 0.2) is 30.3 Å². The minimum Gasteiger partial charge on any atom is -0.396 e. The van der Waals surface area contributed by atoms with E-state index in [1.807, 2.05) is 12.1 Å². The fraction of sp³-hybridized carbons (Fsp3) is 0.400. The Morgan fingerprint density at radius 1 is 1.26 bits per heavy atom. The average molecular weight is 282 g/mol. The number of halogens is 1. The molecule has 1 N–H and O–H groups in total. The maximum absolute atomic E-state index is 11.8. The molecule has 3 nitrogen and oxygen atoms in total. The molecule has 1 rings (SSSR count). The van der Waals surface area contributed by atoms with Gasteiger partial charge in [0.1, 0.15) is 0 Å². The first-order chi connectivity index (χ1) is 9.13. The molecule has 0 unspecified atom stereocenters. The van der Waals surface area contributed by atoms with E-state index >= 15 is 0 Å². The van der Waals surface area contributed by atoms with Gasteiger partial charge < -0.3 is 10.0 Å². The highest BCUT2D eigenvalue weighted by Gasteiger charge is 2.03. The van der Waals surface area contributed by atoms with Crippen LogP contribution in [-0.2, 0) is 4.79 Å². The van der Waals surface area contributed by atoms with Gasteiger partial charge in [0.2, 0.25) is 5.91 Å². The number of hydrogen-bond donors (Lipinski definition) is 1. The van der Waals surface area contributed by atoms with Crippen molar-refractivity contribution in [3.05, 3.63) is 40.9 Å². The van der Waals surface area contributed by atoms with Crippen molar-refractivity contribution in [1.29, 1.82) is 0 Å². The molecule has 0 atom stereocenters. The molecule has 19 heavy (non-hydrogen) atoms. The van der Waals surface area contributed by atoms with E-state index in [9.17, 15) is 4.79 Å². The third-order valence-electron chi connectivity index (χ3n) is 2.82. The first-order valence-electron chi connectivity index (χ1n) is 6.43. The first kappa shape index (κ1) is 15.7. The third-order valence-corrected chi connectivity index (χ3v) is 3.07. The molecule has 1 amide bonds. The highest BCUT2D eigenvalue weighted by molar-refractivity contribution is 6.30. The first-order valence-corrected chi connectivity index (χ1v) is 6.81. The molecule has 1 aromatic rings. The smallest absolute Gasteiger partial charge is 0.246 e. The fourth-order valence-corrected chi connectivity index (χ4v) is 1.74.